The topological polar surface area (TPSA) is 0 Å². The first-order valence-electron chi connectivity index (χ1n) is 0. The molecule has 0 fully saturated rings. The van der Waals surface area contributed by atoms with Crippen molar-refractivity contribution in [2.24, 2.45) is 0 Å². The van der Waals surface area contributed by atoms with Crippen LogP contribution in [0.3, 0.4) is 0 Å². The molecule has 0 aromatic carbocycles. The zero-order valence-electron chi connectivity index (χ0n) is 2.82. The Hall–Kier alpha value is 2.83. The fourth-order valence-corrected chi connectivity index (χ4v) is 0. The summed E-state index contributed by atoms with van der Waals surface area (Å²) >= 11 is 0. The molecule has 0 rings (SSSR count). The van der Waals surface area contributed by atoms with E-state index in [1.54, 1.807) is 0 Å². The molecule has 1 unspecified atom stereocenters. The molecular formula is H3MgMnNiPZn. The van der Waals surface area contributed by atoms with Crippen LogP contribution in [-0.2, 0) is 53.0 Å². The van der Waals surface area contributed by atoms with Crippen LogP contribution in [0.1, 0.15) is 0 Å². The van der Waals surface area contributed by atoms with Gasteiger partial charge in [-0.25, -0.2) is 0 Å². The molecular weight excluding hydrogens is 234 g/mol. The van der Waals surface area contributed by atoms with Crippen molar-refractivity contribution in [3.63, 3.8) is 0 Å². The van der Waals surface area contributed by atoms with E-state index in [1.165, 1.54) is 0 Å². The summed E-state index contributed by atoms with van der Waals surface area (Å²) < 4.78 is 0. The Morgan fingerprint density at radius 2 is 1.00 bits per heavy atom. The molecule has 0 aliphatic carbocycles. The fraction of sp³-hybridized carbons (Fsp3) is 0. The third kappa shape index (κ3) is 19.9. The van der Waals surface area contributed by atoms with Crippen LogP contribution in [0.2, 0.25) is 0 Å². The van der Waals surface area contributed by atoms with Gasteiger partial charge in [-0.3, -0.25) is 0 Å². The van der Waals surface area contributed by atoms with Gasteiger partial charge in [0.25, 0.3) is 0 Å². The van der Waals surface area contributed by atoms with E-state index in [0.717, 1.165) is 0 Å². The molecule has 0 aromatic heterocycles. The van der Waals surface area contributed by atoms with Gasteiger partial charge in [0.15, 0.2) is 0 Å². The summed E-state index contributed by atoms with van der Waals surface area (Å²) in [6.07, 6.45) is 0. The maximum Gasteiger partial charge on any atom is 0 e. The molecule has 0 bridgehead atoms. The van der Waals surface area contributed by atoms with Gasteiger partial charge in [0.05, 0.1) is 0 Å². The molecule has 0 nitrogen and oxygen atoms in total. The normalized spacial score (nSPS) is 0. The first kappa shape index (κ1) is 45.6. The van der Waals surface area contributed by atoms with E-state index in [0.29, 0.717) is 0 Å². The first-order chi connectivity index (χ1) is 0. The van der Waals surface area contributed by atoms with Crippen molar-refractivity contribution in [2.75, 3.05) is 0 Å². The van der Waals surface area contributed by atoms with E-state index in [4.69, 9.17) is 0 Å². The summed E-state index contributed by atoms with van der Waals surface area (Å²) in [5.41, 5.74) is 0. The van der Waals surface area contributed by atoms with E-state index in [2.05, 4.69) is 0 Å². The van der Waals surface area contributed by atoms with Gasteiger partial charge in [-0.05, 0) is 0 Å². The maximum absolute atomic E-state index is 0. The Morgan fingerprint density at radius 1 is 1.00 bits per heavy atom. The Bertz CT molecular complexity index is 11.6. The summed E-state index contributed by atoms with van der Waals surface area (Å²) in [5.74, 6) is 0. The maximum atomic E-state index is 0. The molecule has 5 heteroatoms. The zero-order valence-corrected chi connectivity index (χ0v) is 10.8. The molecule has 3 radical (unpaired) electrons. The second-order valence-corrected chi connectivity index (χ2v) is 0. The Kier molecular flexibility index (Phi) is 264. The second kappa shape index (κ2) is 29.0. The minimum Gasteiger partial charge on any atom is -0.153 e. The van der Waals surface area contributed by atoms with Crippen molar-refractivity contribution < 1.29 is 53.0 Å². The smallest absolute Gasteiger partial charge is 0 e. The van der Waals surface area contributed by atoms with Crippen LogP contribution in [0.4, 0.5) is 0 Å². The Labute approximate surface area is 84.9 Å². The third-order valence-electron chi connectivity index (χ3n) is 0. The molecule has 0 saturated carbocycles. The SMILES string of the molecule is P.[Mg].[Mn].[Ni].[Zn]. The van der Waals surface area contributed by atoms with Gasteiger partial charge in [-0.1, -0.05) is 0 Å². The molecule has 0 aromatic rings. The number of hydrogen-bond acceptors (Lipinski definition) is 0. The fourth-order valence-electron chi connectivity index (χ4n) is 0. The van der Waals surface area contributed by atoms with Crippen molar-refractivity contribution in [1.29, 1.82) is 0 Å². The Morgan fingerprint density at radius 3 is 1.00 bits per heavy atom. The van der Waals surface area contributed by atoms with Crippen LogP contribution >= 0.6 is 9.90 Å². The van der Waals surface area contributed by atoms with Gasteiger partial charge in [-0.2, -0.15) is 9.90 Å². The molecule has 29 valence electrons. The molecule has 1 atom stereocenters. The first-order valence-corrected chi connectivity index (χ1v) is 0. The molecule has 0 N–H and O–H groups in total. The summed E-state index contributed by atoms with van der Waals surface area (Å²) in [7, 11) is 0. The van der Waals surface area contributed by atoms with Gasteiger partial charge in [-0.15, -0.1) is 0 Å². The van der Waals surface area contributed by atoms with Crippen LogP contribution in [0, 0.1) is 0 Å². The standard InChI is InChI=1S/Mg.Mn.Ni.H3P.Zn/h;;;1H3;. The van der Waals surface area contributed by atoms with E-state index in [9.17, 15) is 0 Å². The van der Waals surface area contributed by atoms with Crippen molar-refractivity contribution in [1.82, 2.24) is 0 Å². The number of hydrogen-bond donors (Lipinski definition) is 0. The van der Waals surface area contributed by atoms with E-state index >= 15 is 0 Å². The van der Waals surface area contributed by atoms with Gasteiger partial charge >= 0.3 is 0 Å². The summed E-state index contributed by atoms with van der Waals surface area (Å²) in [5, 5.41) is 0. The van der Waals surface area contributed by atoms with Crippen LogP contribution < -0.4 is 0 Å². The largest absolute Gasteiger partial charge is 0.153 e. The van der Waals surface area contributed by atoms with E-state index < -0.39 is 0 Å². The second-order valence-electron chi connectivity index (χ2n) is 0. The van der Waals surface area contributed by atoms with Crippen molar-refractivity contribution in [3.05, 3.63) is 0 Å². The summed E-state index contributed by atoms with van der Waals surface area (Å²) in [4.78, 5) is 0. The van der Waals surface area contributed by atoms with Gasteiger partial charge in [0.1, 0.15) is 0 Å². The van der Waals surface area contributed by atoms with Gasteiger partial charge in [0, 0.05) is 76.1 Å². The van der Waals surface area contributed by atoms with Crippen molar-refractivity contribution in [3.8, 4) is 0 Å². The Balaban J connectivity index is 0. The average molecular weight is 237 g/mol. The van der Waals surface area contributed by atoms with E-state index in [-0.39, 0.29) is 86.0 Å². The predicted octanol–water partition coefficient (Wildman–Crippen LogP) is -0.330. The van der Waals surface area contributed by atoms with Gasteiger partial charge < -0.3 is 0 Å². The summed E-state index contributed by atoms with van der Waals surface area (Å²) in [6, 6.07) is 0. The zero-order chi connectivity index (χ0) is 0. The minimum atomic E-state index is 0. The molecule has 0 aliphatic heterocycles. The molecule has 0 spiro atoms. The average Bonchev–Trinajstić information content (AvgIpc) is 0. The molecule has 0 aliphatic rings. The quantitative estimate of drug-likeness (QED) is 0.400. The predicted molar refractivity (Wildman–Crippen MR) is 16.9 cm³/mol. The van der Waals surface area contributed by atoms with Crippen LogP contribution in [0.25, 0.3) is 0 Å². The monoisotopic (exact) mass is 235 g/mol. The van der Waals surface area contributed by atoms with Crippen LogP contribution in [0.5, 0.6) is 0 Å². The molecule has 0 heterocycles. The van der Waals surface area contributed by atoms with Crippen LogP contribution in [-0.4, -0.2) is 23.1 Å². The minimum absolute atomic E-state index is 0. The third-order valence-corrected chi connectivity index (χ3v) is 0. The van der Waals surface area contributed by atoms with E-state index in [1.807, 2.05) is 0 Å². The van der Waals surface area contributed by atoms with Crippen molar-refractivity contribution >= 4 is 33.0 Å². The molecule has 5 heavy (non-hydrogen) atoms. The molecule has 0 amide bonds. The van der Waals surface area contributed by atoms with Crippen molar-refractivity contribution in [2.45, 2.75) is 0 Å². The molecule has 0 saturated heterocycles. The van der Waals surface area contributed by atoms with Crippen LogP contribution in [0.15, 0.2) is 0 Å². The summed E-state index contributed by atoms with van der Waals surface area (Å²) in [6.45, 7) is 0. The van der Waals surface area contributed by atoms with Gasteiger partial charge in [0.2, 0.25) is 0 Å². The number of rotatable bonds is 0.